The molecule has 1 N–H and O–H groups in total. The fourth-order valence-corrected chi connectivity index (χ4v) is 4.59. The first-order valence-corrected chi connectivity index (χ1v) is 11.1. The molecule has 150 valence electrons. The minimum absolute atomic E-state index is 0.0106. The van der Waals surface area contributed by atoms with Crippen LogP contribution in [0.4, 0.5) is 0 Å². The van der Waals surface area contributed by atoms with Crippen LogP contribution in [0.2, 0.25) is 0 Å². The zero-order chi connectivity index (χ0) is 19.5. The molecular weight excluding hydrogens is 374 g/mol. The third kappa shape index (κ3) is 4.43. The number of rotatable bonds is 7. The summed E-state index contributed by atoms with van der Waals surface area (Å²) in [4.78, 5) is 31.2. The highest BCUT2D eigenvalue weighted by atomic mass is 32.1. The second kappa shape index (κ2) is 8.43. The monoisotopic (exact) mass is 401 g/mol. The number of hydrogen-bond donors (Lipinski definition) is 1. The number of aromatic nitrogens is 3. The highest BCUT2D eigenvalue weighted by Crippen LogP contribution is 2.30. The number of hydrogen-bond acceptors (Lipinski definition) is 5. The van der Waals surface area contributed by atoms with E-state index in [9.17, 15) is 9.59 Å². The predicted octanol–water partition coefficient (Wildman–Crippen LogP) is 2.45. The maximum Gasteiger partial charge on any atom is 0.274 e. The van der Waals surface area contributed by atoms with Gasteiger partial charge in [-0.05, 0) is 38.7 Å². The van der Waals surface area contributed by atoms with Crippen molar-refractivity contribution < 1.29 is 9.59 Å². The van der Waals surface area contributed by atoms with Gasteiger partial charge in [-0.2, -0.15) is 5.10 Å². The van der Waals surface area contributed by atoms with Crippen LogP contribution in [-0.4, -0.2) is 51.1 Å². The number of thiazole rings is 1. The Morgan fingerprint density at radius 1 is 1.32 bits per heavy atom. The maximum absolute atomic E-state index is 12.8. The predicted molar refractivity (Wildman–Crippen MR) is 107 cm³/mol. The van der Waals surface area contributed by atoms with Crippen molar-refractivity contribution in [3.05, 3.63) is 34.0 Å². The van der Waals surface area contributed by atoms with Gasteiger partial charge < -0.3 is 10.2 Å². The lowest BCUT2D eigenvalue weighted by molar-refractivity contribution is -0.122. The number of carbonyl (C=O) groups excluding carboxylic acids is 2. The molecular formula is C20H27N5O2S. The van der Waals surface area contributed by atoms with Gasteiger partial charge >= 0.3 is 0 Å². The van der Waals surface area contributed by atoms with Crippen molar-refractivity contribution in [3.63, 3.8) is 0 Å². The molecule has 1 aliphatic carbocycles. The summed E-state index contributed by atoms with van der Waals surface area (Å²) in [5.74, 6) is 0.727. The highest BCUT2D eigenvalue weighted by molar-refractivity contribution is 7.09. The molecule has 0 aromatic carbocycles. The summed E-state index contributed by atoms with van der Waals surface area (Å²) in [6.07, 6.45) is 6.71. The second-order valence-electron chi connectivity index (χ2n) is 7.64. The first-order chi connectivity index (χ1) is 13.6. The van der Waals surface area contributed by atoms with Gasteiger partial charge in [-0.25, -0.2) is 4.98 Å². The summed E-state index contributed by atoms with van der Waals surface area (Å²) >= 11 is 1.67. The van der Waals surface area contributed by atoms with Crippen molar-refractivity contribution in [1.29, 1.82) is 0 Å². The van der Waals surface area contributed by atoms with E-state index >= 15 is 0 Å². The van der Waals surface area contributed by atoms with Crippen LogP contribution in [0.3, 0.4) is 0 Å². The van der Waals surface area contributed by atoms with E-state index in [0.717, 1.165) is 55.9 Å². The SMILES string of the molecule is CCn1ccc(C(=O)N2CCCC(c3nc(CCNC(=O)C4CC4)cs3)C2)n1. The van der Waals surface area contributed by atoms with Gasteiger partial charge in [0, 0.05) is 56.0 Å². The van der Waals surface area contributed by atoms with Crippen LogP contribution in [0, 0.1) is 5.92 Å². The molecule has 0 bridgehead atoms. The molecule has 3 heterocycles. The Balaban J connectivity index is 1.32. The molecule has 1 saturated heterocycles. The lowest BCUT2D eigenvalue weighted by Gasteiger charge is -2.31. The van der Waals surface area contributed by atoms with Crippen LogP contribution in [0.25, 0.3) is 0 Å². The number of aryl methyl sites for hydroxylation is 1. The van der Waals surface area contributed by atoms with E-state index in [2.05, 4.69) is 15.8 Å². The Kier molecular flexibility index (Phi) is 5.75. The number of carbonyl (C=O) groups is 2. The fourth-order valence-electron chi connectivity index (χ4n) is 3.61. The van der Waals surface area contributed by atoms with Crippen LogP contribution < -0.4 is 5.32 Å². The van der Waals surface area contributed by atoms with Crippen molar-refractivity contribution in [2.75, 3.05) is 19.6 Å². The molecule has 2 amide bonds. The van der Waals surface area contributed by atoms with Crippen molar-refractivity contribution in [3.8, 4) is 0 Å². The zero-order valence-electron chi connectivity index (χ0n) is 16.3. The Bertz CT molecular complexity index is 841. The van der Waals surface area contributed by atoms with Crippen molar-refractivity contribution in [2.24, 2.45) is 5.92 Å². The Morgan fingerprint density at radius 3 is 2.93 bits per heavy atom. The van der Waals surface area contributed by atoms with Crippen LogP contribution in [0.15, 0.2) is 17.6 Å². The molecule has 1 atom stereocenters. The first kappa shape index (κ1) is 19.1. The minimum Gasteiger partial charge on any atom is -0.355 e. The summed E-state index contributed by atoms with van der Waals surface area (Å²) < 4.78 is 1.78. The molecule has 7 nitrogen and oxygen atoms in total. The molecule has 2 aromatic heterocycles. The van der Waals surface area contributed by atoms with Crippen LogP contribution in [0.5, 0.6) is 0 Å². The van der Waals surface area contributed by atoms with Crippen LogP contribution in [-0.2, 0) is 17.8 Å². The molecule has 1 aliphatic heterocycles. The number of likely N-dealkylation sites (tertiary alicyclic amines) is 1. The van der Waals surface area contributed by atoms with E-state index in [-0.39, 0.29) is 23.7 Å². The lowest BCUT2D eigenvalue weighted by Crippen LogP contribution is -2.39. The van der Waals surface area contributed by atoms with Gasteiger partial charge in [-0.1, -0.05) is 0 Å². The maximum atomic E-state index is 12.8. The smallest absolute Gasteiger partial charge is 0.274 e. The average Bonchev–Trinajstić information content (AvgIpc) is 3.28. The summed E-state index contributed by atoms with van der Waals surface area (Å²) in [7, 11) is 0. The number of piperidine rings is 1. The van der Waals surface area contributed by atoms with Crippen molar-refractivity contribution in [2.45, 2.75) is 51.5 Å². The summed E-state index contributed by atoms with van der Waals surface area (Å²) in [5.41, 5.74) is 1.55. The third-order valence-electron chi connectivity index (χ3n) is 5.44. The number of nitrogens with zero attached hydrogens (tertiary/aromatic N) is 4. The van der Waals surface area contributed by atoms with Gasteiger partial charge in [0.25, 0.3) is 5.91 Å². The molecule has 0 radical (unpaired) electrons. The fraction of sp³-hybridized carbons (Fsp3) is 0.600. The summed E-state index contributed by atoms with van der Waals surface area (Å²) in [6.45, 7) is 4.89. The molecule has 2 aromatic rings. The summed E-state index contributed by atoms with van der Waals surface area (Å²) in [5, 5.41) is 10.5. The number of amides is 2. The average molecular weight is 402 g/mol. The van der Waals surface area contributed by atoms with Crippen molar-refractivity contribution in [1.82, 2.24) is 25.0 Å². The van der Waals surface area contributed by atoms with Gasteiger partial charge in [-0.3, -0.25) is 14.3 Å². The quantitative estimate of drug-likeness (QED) is 0.773. The largest absolute Gasteiger partial charge is 0.355 e. The molecule has 1 unspecified atom stereocenters. The Hall–Kier alpha value is -2.22. The van der Waals surface area contributed by atoms with E-state index in [1.165, 1.54) is 0 Å². The molecule has 2 fully saturated rings. The van der Waals surface area contributed by atoms with E-state index in [1.54, 1.807) is 22.1 Å². The van der Waals surface area contributed by atoms with Gasteiger partial charge in [-0.15, -0.1) is 11.3 Å². The normalized spacial score (nSPS) is 19.6. The lowest BCUT2D eigenvalue weighted by atomic mass is 9.98. The molecule has 28 heavy (non-hydrogen) atoms. The highest BCUT2D eigenvalue weighted by Gasteiger charge is 2.30. The van der Waals surface area contributed by atoms with Gasteiger partial charge in [0.05, 0.1) is 10.7 Å². The zero-order valence-corrected chi connectivity index (χ0v) is 17.1. The molecule has 4 rings (SSSR count). The Morgan fingerprint density at radius 2 is 2.18 bits per heavy atom. The van der Waals surface area contributed by atoms with Crippen LogP contribution in [0.1, 0.15) is 59.7 Å². The minimum atomic E-state index is 0.0106. The molecule has 8 heteroatoms. The Labute approximate surface area is 169 Å². The van der Waals surface area contributed by atoms with E-state index in [4.69, 9.17) is 4.98 Å². The third-order valence-corrected chi connectivity index (χ3v) is 6.50. The summed E-state index contributed by atoms with van der Waals surface area (Å²) in [6, 6.07) is 1.80. The van der Waals surface area contributed by atoms with Crippen molar-refractivity contribution >= 4 is 23.2 Å². The standard InChI is InChI=1S/C20H27N5O2S/c1-2-25-11-8-17(23-25)20(27)24-10-3-4-15(12-24)19-22-16(13-28-19)7-9-21-18(26)14-5-6-14/h8,11,13-15H,2-7,9-10,12H2,1H3,(H,21,26). The van der Waals surface area contributed by atoms with E-state index in [0.29, 0.717) is 18.8 Å². The van der Waals surface area contributed by atoms with Crippen LogP contribution >= 0.6 is 11.3 Å². The molecule has 1 saturated carbocycles. The van der Waals surface area contributed by atoms with Gasteiger partial charge in [0.15, 0.2) is 0 Å². The van der Waals surface area contributed by atoms with E-state index < -0.39 is 0 Å². The second-order valence-corrected chi connectivity index (χ2v) is 8.53. The van der Waals surface area contributed by atoms with Gasteiger partial charge in [0.2, 0.25) is 5.91 Å². The van der Waals surface area contributed by atoms with Gasteiger partial charge in [0.1, 0.15) is 5.69 Å². The molecule has 0 spiro atoms. The number of nitrogens with one attached hydrogen (secondary N) is 1. The topological polar surface area (TPSA) is 80.1 Å². The first-order valence-electron chi connectivity index (χ1n) is 10.2. The van der Waals surface area contributed by atoms with E-state index in [1.807, 2.05) is 18.0 Å². The molecule has 2 aliphatic rings.